The van der Waals surface area contributed by atoms with Crippen LogP contribution in [0.25, 0.3) is 0 Å². The lowest BCUT2D eigenvalue weighted by Crippen LogP contribution is -2.39. The molecule has 130 valence electrons. The van der Waals surface area contributed by atoms with E-state index in [-0.39, 0.29) is 18.2 Å². The Morgan fingerprint density at radius 1 is 1.32 bits per heavy atom. The first kappa shape index (κ1) is 16.0. The van der Waals surface area contributed by atoms with Gasteiger partial charge >= 0.3 is 6.09 Å². The molecule has 4 rings (SSSR count). The lowest BCUT2D eigenvalue weighted by molar-refractivity contribution is 0.0934. The topological polar surface area (TPSA) is 70.7 Å². The number of hydrogen-bond donors (Lipinski definition) is 2. The highest BCUT2D eigenvalue weighted by Gasteiger charge is 2.34. The second-order valence-corrected chi connectivity index (χ2v) is 7.15. The minimum absolute atomic E-state index is 0.0512. The van der Waals surface area contributed by atoms with E-state index in [2.05, 4.69) is 10.6 Å². The zero-order valence-corrected chi connectivity index (χ0v) is 14.7. The number of nitrogens with one attached hydrogen (secondary N) is 2. The number of fused-ring (bicyclic) bond motifs is 3. The molecular weight excluding hydrogens is 338 g/mol. The lowest BCUT2D eigenvalue weighted by Gasteiger charge is -2.28. The Hall–Kier alpha value is -2.54. The molecule has 2 aliphatic rings. The molecule has 0 unspecified atom stereocenters. The molecule has 2 aliphatic heterocycles. The Morgan fingerprint density at radius 2 is 2.12 bits per heavy atom. The van der Waals surface area contributed by atoms with Crippen molar-refractivity contribution >= 4 is 28.3 Å². The number of amides is 2. The van der Waals surface area contributed by atoms with E-state index in [1.54, 1.807) is 23.2 Å². The quantitative estimate of drug-likeness (QED) is 0.866. The van der Waals surface area contributed by atoms with Crippen LogP contribution in [0.4, 0.5) is 9.80 Å². The summed E-state index contributed by atoms with van der Waals surface area (Å²) in [5, 5.41) is 7.34. The monoisotopic (exact) mass is 357 g/mol. The van der Waals surface area contributed by atoms with Crippen molar-refractivity contribution < 1.29 is 14.3 Å². The summed E-state index contributed by atoms with van der Waals surface area (Å²) in [6.07, 6.45) is 0.145. The first-order valence-corrected chi connectivity index (χ1v) is 9.17. The predicted molar refractivity (Wildman–Crippen MR) is 95.7 cm³/mol. The highest BCUT2D eigenvalue weighted by atomic mass is 32.1. The summed E-state index contributed by atoms with van der Waals surface area (Å²) in [6.45, 7) is 3.24. The van der Waals surface area contributed by atoms with Crippen molar-refractivity contribution in [3.8, 4) is 0 Å². The van der Waals surface area contributed by atoms with Gasteiger partial charge in [0, 0.05) is 11.4 Å². The maximum atomic E-state index is 12.7. The second-order valence-electron chi connectivity index (χ2n) is 6.04. The molecule has 0 saturated heterocycles. The molecule has 0 radical (unpaired) electrons. The summed E-state index contributed by atoms with van der Waals surface area (Å²) in [5.74, 6) is -0.0512. The van der Waals surface area contributed by atoms with Gasteiger partial charge in [0.2, 0.25) is 0 Å². The summed E-state index contributed by atoms with van der Waals surface area (Å²) < 4.78 is 5.09. The van der Waals surface area contributed by atoms with E-state index in [1.807, 2.05) is 30.3 Å². The van der Waals surface area contributed by atoms with E-state index in [9.17, 15) is 9.59 Å². The van der Waals surface area contributed by atoms with Crippen LogP contribution >= 0.6 is 11.3 Å². The molecule has 2 amide bonds. The number of nitrogens with zero attached hydrogens (tertiary/aromatic N) is 1. The van der Waals surface area contributed by atoms with Crippen LogP contribution in [0.3, 0.4) is 0 Å². The highest BCUT2D eigenvalue weighted by molar-refractivity contribution is 7.16. The van der Waals surface area contributed by atoms with Crippen molar-refractivity contribution in [3.05, 3.63) is 51.9 Å². The Bertz CT molecular complexity index is 818. The lowest BCUT2D eigenvalue weighted by atomic mass is 10.0. The summed E-state index contributed by atoms with van der Waals surface area (Å²) in [4.78, 5) is 27.4. The van der Waals surface area contributed by atoms with Gasteiger partial charge in [-0.05, 0) is 24.5 Å². The van der Waals surface area contributed by atoms with Crippen molar-refractivity contribution in [1.82, 2.24) is 10.2 Å². The third-order valence-electron chi connectivity index (χ3n) is 4.49. The number of benzene rings is 1. The molecular formula is C18H19N3O3S. The first-order valence-electron chi connectivity index (χ1n) is 8.36. The maximum absolute atomic E-state index is 12.7. The van der Waals surface area contributed by atoms with Crippen LogP contribution in [0.5, 0.6) is 0 Å². The highest BCUT2D eigenvalue weighted by Crippen LogP contribution is 2.40. The third-order valence-corrected chi connectivity index (χ3v) is 5.64. The van der Waals surface area contributed by atoms with Gasteiger partial charge in [-0.15, -0.1) is 11.3 Å². The van der Waals surface area contributed by atoms with E-state index in [0.717, 1.165) is 26.6 Å². The largest absolute Gasteiger partial charge is 0.450 e. The van der Waals surface area contributed by atoms with Crippen LogP contribution in [0.15, 0.2) is 30.3 Å². The van der Waals surface area contributed by atoms with Crippen molar-refractivity contribution in [3.63, 3.8) is 0 Å². The molecule has 0 spiro atoms. The summed E-state index contributed by atoms with van der Waals surface area (Å²) in [6, 6.07) is 9.83. The molecule has 0 bridgehead atoms. The van der Waals surface area contributed by atoms with Gasteiger partial charge in [0.15, 0.2) is 0 Å². The average Bonchev–Trinajstić information content (AvgIpc) is 3.00. The van der Waals surface area contributed by atoms with Crippen LogP contribution in [0.2, 0.25) is 0 Å². The molecule has 2 N–H and O–H groups in total. The van der Waals surface area contributed by atoms with Gasteiger partial charge in [-0.25, -0.2) is 4.79 Å². The Kier molecular flexibility index (Phi) is 4.09. The molecule has 6 nitrogen and oxygen atoms in total. The standard InChI is InChI=1S/C18H19N3O3S/c1-2-24-18(23)21-9-8-12-13(10-21)25-17-14(12)16(22)19-15(20-17)11-6-4-3-5-7-11/h3-7,15,20H,2,8-10H2,1H3,(H,19,22)/t15-/m0/s1. The number of rotatable bonds is 2. The summed E-state index contributed by atoms with van der Waals surface area (Å²) in [7, 11) is 0. The van der Waals surface area contributed by atoms with E-state index in [0.29, 0.717) is 26.1 Å². The molecule has 1 aromatic carbocycles. The zero-order valence-electron chi connectivity index (χ0n) is 13.9. The number of carbonyl (C=O) groups excluding carboxylic acids is 2. The average molecular weight is 357 g/mol. The molecule has 0 fully saturated rings. The van der Waals surface area contributed by atoms with Crippen molar-refractivity contribution in [2.75, 3.05) is 18.5 Å². The van der Waals surface area contributed by atoms with E-state index < -0.39 is 0 Å². The molecule has 1 atom stereocenters. The van der Waals surface area contributed by atoms with Crippen LogP contribution in [-0.2, 0) is 17.7 Å². The number of thiophene rings is 1. The number of carbonyl (C=O) groups is 2. The summed E-state index contributed by atoms with van der Waals surface area (Å²) in [5.41, 5.74) is 2.80. The summed E-state index contributed by atoms with van der Waals surface area (Å²) >= 11 is 1.56. The van der Waals surface area contributed by atoms with Gasteiger partial charge in [0.25, 0.3) is 5.91 Å². The SMILES string of the molecule is CCOC(=O)N1CCc2c(sc3c2C(=O)N[C@H](c2ccccc2)N3)C1. The van der Waals surface area contributed by atoms with Crippen molar-refractivity contribution in [2.45, 2.75) is 26.1 Å². The first-order chi connectivity index (χ1) is 12.2. The van der Waals surface area contributed by atoms with Crippen molar-refractivity contribution in [2.24, 2.45) is 0 Å². The van der Waals surface area contributed by atoms with Crippen LogP contribution in [0, 0.1) is 0 Å². The second kappa shape index (κ2) is 6.40. The molecule has 1 aromatic heterocycles. The van der Waals surface area contributed by atoms with Crippen molar-refractivity contribution in [1.29, 1.82) is 0 Å². The fraction of sp³-hybridized carbons (Fsp3) is 0.333. The molecule has 2 aromatic rings. The number of anilines is 1. The smallest absolute Gasteiger partial charge is 0.410 e. The number of hydrogen-bond acceptors (Lipinski definition) is 5. The Labute approximate surface area is 149 Å². The number of ether oxygens (including phenoxy) is 1. The van der Waals surface area contributed by atoms with E-state index >= 15 is 0 Å². The van der Waals surface area contributed by atoms with E-state index in [1.165, 1.54) is 0 Å². The van der Waals surface area contributed by atoms with Gasteiger partial charge in [-0.2, -0.15) is 0 Å². The molecule has 0 saturated carbocycles. The van der Waals surface area contributed by atoms with Crippen LogP contribution < -0.4 is 10.6 Å². The van der Waals surface area contributed by atoms with Gasteiger partial charge in [-0.3, -0.25) is 4.79 Å². The zero-order chi connectivity index (χ0) is 17.4. The molecule has 3 heterocycles. The minimum atomic E-state index is -0.293. The molecule has 0 aliphatic carbocycles. The molecule has 25 heavy (non-hydrogen) atoms. The van der Waals surface area contributed by atoms with Crippen LogP contribution in [0.1, 0.15) is 39.5 Å². The maximum Gasteiger partial charge on any atom is 0.410 e. The normalized spacial score (nSPS) is 18.7. The third kappa shape index (κ3) is 2.84. The van der Waals surface area contributed by atoms with Gasteiger partial charge in [-0.1, -0.05) is 30.3 Å². The van der Waals surface area contributed by atoms with Crippen LogP contribution in [-0.4, -0.2) is 30.1 Å². The molecule has 7 heteroatoms. The predicted octanol–water partition coefficient (Wildman–Crippen LogP) is 3.12. The fourth-order valence-corrected chi connectivity index (χ4v) is 4.59. The minimum Gasteiger partial charge on any atom is -0.450 e. The Morgan fingerprint density at radius 3 is 2.88 bits per heavy atom. The van der Waals surface area contributed by atoms with E-state index in [4.69, 9.17) is 4.74 Å². The van der Waals surface area contributed by atoms with Gasteiger partial charge in [0.05, 0.1) is 18.7 Å². The fourth-order valence-electron chi connectivity index (χ4n) is 3.30. The van der Waals surface area contributed by atoms with Gasteiger partial charge in [0.1, 0.15) is 11.2 Å². The Balaban J connectivity index is 1.60. The van der Waals surface area contributed by atoms with Gasteiger partial charge < -0.3 is 20.3 Å².